The van der Waals surface area contributed by atoms with E-state index >= 15 is 0 Å². The van der Waals surface area contributed by atoms with E-state index in [0.29, 0.717) is 0 Å². The zero-order chi connectivity index (χ0) is 13.0. The second-order valence-corrected chi connectivity index (χ2v) is 5.14. The minimum Gasteiger partial charge on any atom is -0.396 e. The molecule has 1 fully saturated rings. The number of likely N-dealkylation sites (tertiary alicyclic amines) is 1. The van der Waals surface area contributed by atoms with E-state index in [1.165, 1.54) is 5.56 Å². The highest BCUT2D eigenvalue weighted by atomic mass is 32.1. The summed E-state index contributed by atoms with van der Waals surface area (Å²) in [5, 5.41) is 9.33. The van der Waals surface area contributed by atoms with Crippen LogP contribution >= 0.6 is 12.2 Å². The predicted octanol–water partition coefficient (Wildman–Crippen LogP) is 2.63. The van der Waals surface area contributed by atoms with Crippen molar-refractivity contribution >= 4 is 17.2 Å². The van der Waals surface area contributed by atoms with Crippen LogP contribution < -0.4 is 0 Å². The zero-order valence-electron chi connectivity index (χ0n) is 10.5. The molecule has 3 heteroatoms. The van der Waals surface area contributed by atoms with E-state index in [1.54, 1.807) is 0 Å². The van der Waals surface area contributed by atoms with Crippen LogP contribution in [0.2, 0.25) is 0 Å². The summed E-state index contributed by atoms with van der Waals surface area (Å²) in [6.45, 7) is 5.76. The fraction of sp³-hybridized carbons (Fsp3) is 0.400. The summed E-state index contributed by atoms with van der Waals surface area (Å²) < 4.78 is 0. The number of thiocarbonyl (C=S) groups is 1. The van der Waals surface area contributed by atoms with Gasteiger partial charge in [0.15, 0.2) is 0 Å². The van der Waals surface area contributed by atoms with Gasteiger partial charge in [-0.25, -0.2) is 0 Å². The van der Waals surface area contributed by atoms with Crippen LogP contribution in [0.15, 0.2) is 43.0 Å². The van der Waals surface area contributed by atoms with E-state index < -0.39 is 0 Å². The quantitative estimate of drug-likeness (QED) is 0.651. The van der Waals surface area contributed by atoms with Crippen molar-refractivity contribution in [3.8, 4) is 0 Å². The maximum atomic E-state index is 9.33. The normalized spacial score (nSPS) is 21.1. The van der Waals surface area contributed by atoms with Gasteiger partial charge in [-0.15, -0.1) is 6.58 Å². The van der Waals surface area contributed by atoms with Crippen LogP contribution in [0.4, 0.5) is 0 Å². The van der Waals surface area contributed by atoms with Crippen molar-refractivity contribution < 1.29 is 5.11 Å². The second kappa shape index (κ2) is 6.12. The molecule has 1 aliphatic rings. The van der Waals surface area contributed by atoms with Gasteiger partial charge in [-0.05, 0) is 12.0 Å². The lowest BCUT2D eigenvalue weighted by molar-refractivity contribution is 0.231. The third-order valence-corrected chi connectivity index (χ3v) is 4.15. The maximum absolute atomic E-state index is 9.33. The molecule has 1 saturated heterocycles. The van der Waals surface area contributed by atoms with E-state index in [4.69, 9.17) is 12.2 Å². The van der Waals surface area contributed by atoms with Gasteiger partial charge in [0.05, 0.1) is 4.99 Å². The topological polar surface area (TPSA) is 23.5 Å². The summed E-state index contributed by atoms with van der Waals surface area (Å²) in [4.78, 5) is 3.21. The van der Waals surface area contributed by atoms with Crippen molar-refractivity contribution in [3.63, 3.8) is 0 Å². The molecule has 2 rings (SSSR count). The first kappa shape index (κ1) is 13.2. The molecule has 1 aromatic rings. The van der Waals surface area contributed by atoms with Gasteiger partial charge in [-0.3, -0.25) is 0 Å². The summed E-state index contributed by atoms with van der Waals surface area (Å²) in [7, 11) is 0. The Kier molecular flexibility index (Phi) is 4.50. The Balaban J connectivity index is 2.01. The molecular formula is C15H19NOS. The smallest absolute Gasteiger partial charge is 0.0821 e. The minimum atomic E-state index is 0.0956. The monoisotopic (exact) mass is 261 g/mol. The van der Waals surface area contributed by atoms with Crippen LogP contribution in [0.5, 0.6) is 0 Å². The summed E-state index contributed by atoms with van der Waals surface area (Å²) in [5.74, 6) is 0.365. The Morgan fingerprint density at radius 1 is 1.44 bits per heavy atom. The third-order valence-electron chi connectivity index (χ3n) is 3.59. The summed E-state index contributed by atoms with van der Waals surface area (Å²) in [6.07, 6.45) is 2.84. The van der Waals surface area contributed by atoms with Gasteiger partial charge in [0.1, 0.15) is 0 Å². The standard InChI is InChI=1S/C15H19NOS/c1-2-13(11-17)14-8-9-16(15(14)18)10-12-6-4-3-5-7-12/h2-7,13-14,17H,1,8-11H2/t13-,14-/m1/s1. The summed E-state index contributed by atoms with van der Waals surface area (Å²) >= 11 is 5.54. The average Bonchev–Trinajstić information content (AvgIpc) is 2.75. The molecule has 0 aliphatic carbocycles. The lowest BCUT2D eigenvalue weighted by Gasteiger charge is -2.22. The van der Waals surface area contributed by atoms with Gasteiger partial charge in [-0.1, -0.05) is 48.6 Å². The highest BCUT2D eigenvalue weighted by Crippen LogP contribution is 2.28. The Hall–Kier alpha value is -1.19. The third kappa shape index (κ3) is 2.79. The van der Waals surface area contributed by atoms with Crippen LogP contribution in [0.25, 0.3) is 0 Å². The number of aliphatic hydroxyl groups excluding tert-OH is 1. The molecule has 96 valence electrons. The molecule has 0 amide bonds. The molecular weight excluding hydrogens is 242 g/mol. The average molecular weight is 261 g/mol. The fourth-order valence-corrected chi connectivity index (χ4v) is 2.94. The van der Waals surface area contributed by atoms with Crippen molar-refractivity contribution in [1.82, 2.24) is 4.90 Å². The van der Waals surface area contributed by atoms with E-state index in [-0.39, 0.29) is 18.4 Å². The molecule has 18 heavy (non-hydrogen) atoms. The van der Waals surface area contributed by atoms with Gasteiger partial charge in [-0.2, -0.15) is 0 Å². The summed E-state index contributed by atoms with van der Waals surface area (Å²) in [5.41, 5.74) is 1.28. The van der Waals surface area contributed by atoms with Crippen molar-refractivity contribution in [2.45, 2.75) is 13.0 Å². The van der Waals surface area contributed by atoms with Crippen molar-refractivity contribution in [3.05, 3.63) is 48.6 Å². The van der Waals surface area contributed by atoms with Crippen molar-refractivity contribution in [1.29, 1.82) is 0 Å². The van der Waals surface area contributed by atoms with Crippen molar-refractivity contribution in [2.75, 3.05) is 13.2 Å². The van der Waals surface area contributed by atoms with Gasteiger partial charge >= 0.3 is 0 Å². The molecule has 2 nitrogen and oxygen atoms in total. The number of benzene rings is 1. The number of hydrogen-bond acceptors (Lipinski definition) is 2. The molecule has 0 aromatic heterocycles. The SMILES string of the molecule is C=C[C@H](CO)[C@H]1CCN(Cc2ccccc2)C1=S. The molecule has 1 N–H and O–H groups in total. The summed E-state index contributed by atoms with van der Waals surface area (Å²) in [6, 6.07) is 10.4. The first-order chi connectivity index (χ1) is 8.76. The first-order valence-electron chi connectivity index (χ1n) is 6.32. The molecule has 0 unspecified atom stereocenters. The largest absolute Gasteiger partial charge is 0.396 e. The predicted molar refractivity (Wildman–Crippen MR) is 78.3 cm³/mol. The highest BCUT2D eigenvalue weighted by Gasteiger charge is 2.32. The molecule has 0 bridgehead atoms. The van der Waals surface area contributed by atoms with Gasteiger partial charge < -0.3 is 10.0 Å². The van der Waals surface area contributed by atoms with Crippen molar-refractivity contribution in [2.24, 2.45) is 11.8 Å². The maximum Gasteiger partial charge on any atom is 0.0821 e. The highest BCUT2D eigenvalue weighted by molar-refractivity contribution is 7.80. The lowest BCUT2D eigenvalue weighted by atomic mass is 9.92. The minimum absolute atomic E-state index is 0.0956. The Bertz CT molecular complexity index is 418. The van der Waals surface area contributed by atoms with Crippen LogP contribution in [0, 0.1) is 11.8 Å². The molecule has 0 spiro atoms. The van der Waals surface area contributed by atoms with Crippen LogP contribution in [-0.4, -0.2) is 28.1 Å². The molecule has 1 aliphatic heterocycles. The number of rotatable bonds is 5. The second-order valence-electron chi connectivity index (χ2n) is 4.72. The van der Waals surface area contributed by atoms with Crippen LogP contribution in [0.1, 0.15) is 12.0 Å². The lowest BCUT2D eigenvalue weighted by Crippen LogP contribution is -2.28. The fourth-order valence-electron chi connectivity index (χ4n) is 2.49. The van der Waals surface area contributed by atoms with Gasteiger partial charge in [0.2, 0.25) is 0 Å². The molecule has 1 heterocycles. The van der Waals surface area contributed by atoms with Crippen LogP contribution in [-0.2, 0) is 6.54 Å². The zero-order valence-corrected chi connectivity index (χ0v) is 11.3. The van der Waals surface area contributed by atoms with Gasteiger partial charge in [0.25, 0.3) is 0 Å². The Labute approximate surface area is 114 Å². The molecule has 2 atom stereocenters. The van der Waals surface area contributed by atoms with Crippen LogP contribution in [0.3, 0.4) is 0 Å². The molecule has 0 radical (unpaired) electrons. The van der Waals surface area contributed by atoms with E-state index in [2.05, 4.69) is 23.6 Å². The number of aliphatic hydroxyl groups is 1. The molecule has 0 saturated carbocycles. The Morgan fingerprint density at radius 2 is 2.17 bits per heavy atom. The Morgan fingerprint density at radius 3 is 2.78 bits per heavy atom. The van der Waals surface area contributed by atoms with E-state index in [9.17, 15) is 5.11 Å². The van der Waals surface area contributed by atoms with E-state index in [1.807, 2.05) is 24.3 Å². The molecule has 1 aromatic carbocycles. The van der Waals surface area contributed by atoms with E-state index in [0.717, 1.165) is 24.5 Å². The first-order valence-corrected chi connectivity index (χ1v) is 6.73. The number of nitrogens with zero attached hydrogens (tertiary/aromatic N) is 1. The van der Waals surface area contributed by atoms with Gasteiger partial charge in [0, 0.05) is 31.5 Å². The number of hydrogen-bond donors (Lipinski definition) is 1.